The first-order valence-corrected chi connectivity index (χ1v) is 8.81. The number of anilines is 1. The largest absolute Gasteiger partial charge is 0.351 e. The zero-order chi connectivity index (χ0) is 17.3. The highest BCUT2D eigenvalue weighted by Gasteiger charge is 2.21. The van der Waals surface area contributed by atoms with Gasteiger partial charge in [-0.2, -0.15) is 0 Å². The smallest absolute Gasteiger partial charge is 0.274 e. The molecule has 0 saturated carbocycles. The van der Waals surface area contributed by atoms with E-state index in [0.29, 0.717) is 5.69 Å². The van der Waals surface area contributed by atoms with Crippen molar-refractivity contribution in [3.63, 3.8) is 0 Å². The lowest BCUT2D eigenvalue weighted by molar-refractivity contribution is 0.0988. The van der Waals surface area contributed by atoms with E-state index in [1.165, 1.54) is 0 Å². The number of carbonyl (C=O) groups is 1. The number of para-hydroxylation sites is 2. The molecule has 0 spiro atoms. The summed E-state index contributed by atoms with van der Waals surface area (Å²) in [6, 6.07) is 17.9. The Kier molecular flexibility index (Phi) is 4.41. The van der Waals surface area contributed by atoms with Gasteiger partial charge < -0.3 is 9.88 Å². The first kappa shape index (κ1) is 16.7. The van der Waals surface area contributed by atoms with E-state index in [1.807, 2.05) is 55.6 Å². The molecule has 1 heterocycles. The fourth-order valence-corrected chi connectivity index (χ4v) is 3.74. The summed E-state index contributed by atoms with van der Waals surface area (Å²) in [6.07, 6.45) is 0. The zero-order valence-corrected chi connectivity index (χ0v) is 15.3. The van der Waals surface area contributed by atoms with Crippen LogP contribution in [0.3, 0.4) is 0 Å². The number of hydrogen-bond donors (Lipinski definition) is 1. The van der Waals surface area contributed by atoms with Gasteiger partial charge in [0.05, 0.1) is 5.69 Å². The Morgan fingerprint density at radius 1 is 1.04 bits per heavy atom. The molecule has 1 N–H and O–H groups in total. The number of nitrogens with one attached hydrogen (secondary N) is 1. The van der Waals surface area contributed by atoms with Crippen molar-refractivity contribution >= 4 is 34.3 Å². The molecule has 124 valence electrons. The zero-order valence-electron chi connectivity index (χ0n) is 14.5. The molecule has 3 aromatic rings. The lowest BCUT2D eigenvalue weighted by Crippen LogP contribution is -2.27. The molecule has 4 heteroatoms. The highest BCUT2D eigenvalue weighted by atomic mass is 32.2. The van der Waals surface area contributed by atoms with Crippen molar-refractivity contribution in [3.8, 4) is 0 Å². The average Bonchev–Trinajstić information content (AvgIpc) is 2.96. The maximum absolute atomic E-state index is 12.9. The predicted molar refractivity (Wildman–Crippen MR) is 103 cm³/mol. The standard InChI is InChI=1S/C20H22N2OS/c1-20(2,3)24-18-12-8-7-11-17(18)22(4)19(23)16-13-14-9-5-6-10-15(14)21-16/h5-13,21H,1-4H3. The van der Waals surface area contributed by atoms with Crippen LogP contribution in [0.5, 0.6) is 0 Å². The molecule has 24 heavy (non-hydrogen) atoms. The van der Waals surface area contributed by atoms with Crippen LogP contribution in [0.25, 0.3) is 10.9 Å². The van der Waals surface area contributed by atoms with Gasteiger partial charge in [0.25, 0.3) is 5.91 Å². The van der Waals surface area contributed by atoms with Gasteiger partial charge in [-0.15, -0.1) is 11.8 Å². The van der Waals surface area contributed by atoms with Crippen LogP contribution < -0.4 is 4.90 Å². The molecule has 3 nitrogen and oxygen atoms in total. The van der Waals surface area contributed by atoms with E-state index in [2.05, 4.69) is 31.8 Å². The van der Waals surface area contributed by atoms with Gasteiger partial charge in [0.2, 0.25) is 0 Å². The van der Waals surface area contributed by atoms with Gasteiger partial charge >= 0.3 is 0 Å². The lowest BCUT2D eigenvalue weighted by atomic mass is 10.2. The Bertz CT molecular complexity index is 843. The van der Waals surface area contributed by atoms with Gasteiger partial charge in [0, 0.05) is 27.6 Å². The van der Waals surface area contributed by atoms with Gasteiger partial charge in [-0.1, -0.05) is 51.1 Å². The van der Waals surface area contributed by atoms with Crippen LogP contribution in [0.4, 0.5) is 5.69 Å². The molecule has 0 fully saturated rings. The van der Waals surface area contributed by atoms with E-state index in [1.54, 1.807) is 16.7 Å². The minimum Gasteiger partial charge on any atom is -0.351 e. The van der Waals surface area contributed by atoms with E-state index in [0.717, 1.165) is 21.5 Å². The van der Waals surface area contributed by atoms with Gasteiger partial charge in [-0.05, 0) is 24.3 Å². The molecular weight excluding hydrogens is 316 g/mol. The molecule has 0 atom stereocenters. The molecule has 0 unspecified atom stereocenters. The number of carbonyl (C=O) groups excluding carboxylic acids is 1. The Hall–Kier alpha value is -2.20. The number of rotatable bonds is 3. The van der Waals surface area contributed by atoms with Crippen molar-refractivity contribution in [1.82, 2.24) is 4.98 Å². The second-order valence-electron chi connectivity index (χ2n) is 6.82. The minimum absolute atomic E-state index is 0.0341. The fraction of sp³-hybridized carbons (Fsp3) is 0.250. The van der Waals surface area contributed by atoms with Crippen molar-refractivity contribution in [2.24, 2.45) is 0 Å². The number of thioether (sulfide) groups is 1. The molecule has 0 aliphatic heterocycles. The molecule has 2 aromatic carbocycles. The van der Waals surface area contributed by atoms with Crippen LogP contribution in [0.2, 0.25) is 0 Å². The van der Waals surface area contributed by atoms with Crippen molar-refractivity contribution < 1.29 is 4.79 Å². The molecule has 1 amide bonds. The third-order valence-electron chi connectivity index (χ3n) is 3.71. The van der Waals surface area contributed by atoms with Crippen LogP contribution in [0, 0.1) is 0 Å². The lowest BCUT2D eigenvalue weighted by Gasteiger charge is -2.24. The van der Waals surface area contributed by atoms with E-state index in [4.69, 9.17) is 0 Å². The maximum Gasteiger partial charge on any atom is 0.274 e. The second-order valence-corrected chi connectivity index (χ2v) is 8.69. The molecule has 1 aromatic heterocycles. The topological polar surface area (TPSA) is 36.1 Å². The number of H-pyrrole nitrogens is 1. The first-order valence-electron chi connectivity index (χ1n) is 7.99. The van der Waals surface area contributed by atoms with Crippen LogP contribution in [0.1, 0.15) is 31.3 Å². The van der Waals surface area contributed by atoms with E-state index >= 15 is 0 Å². The number of benzene rings is 2. The van der Waals surface area contributed by atoms with Crippen molar-refractivity contribution in [2.45, 2.75) is 30.4 Å². The highest BCUT2D eigenvalue weighted by Crippen LogP contribution is 2.38. The molecule has 0 aliphatic rings. The number of aromatic amines is 1. The van der Waals surface area contributed by atoms with E-state index < -0.39 is 0 Å². The fourth-order valence-electron chi connectivity index (χ4n) is 2.63. The summed E-state index contributed by atoms with van der Waals surface area (Å²) in [4.78, 5) is 19.0. The van der Waals surface area contributed by atoms with Gasteiger partial charge in [-0.3, -0.25) is 4.79 Å². The molecule has 3 rings (SSSR count). The number of fused-ring (bicyclic) bond motifs is 1. The van der Waals surface area contributed by atoms with Crippen molar-refractivity contribution in [3.05, 3.63) is 60.3 Å². The first-order chi connectivity index (χ1) is 11.3. The molecule has 0 aliphatic carbocycles. The Morgan fingerprint density at radius 3 is 2.42 bits per heavy atom. The quantitative estimate of drug-likeness (QED) is 0.655. The summed E-state index contributed by atoms with van der Waals surface area (Å²) in [5.74, 6) is -0.0341. The second kappa shape index (κ2) is 6.36. The van der Waals surface area contributed by atoms with E-state index in [9.17, 15) is 4.79 Å². The molecule has 0 radical (unpaired) electrons. The maximum atomic E-state index is 12.9. The third kappa shape index (κ3) is 3.49. The summed E-state index contributed by atoms with van der Waals surface area (Å²) in [7, 11) is 1.83. The number of aromatic nitrogens is 1. The third-order valence-corrected chi connectivity index (χ3v) is 4.89. The summed E-state index contributed by atoms with van der Waals surface area (Å²) in [6.45, 7) is 6.52. The number of amides is 1. The average molecular weight is 338 g/mol. The Labute approximate surface area is 147 Å². The SMILES string of the molecule is CN(C(=O)c1cc2ccccc2[nH]1)c1ccccc1SC(C)(C)C. The summed E-state index contributed by atoms with van der Waals surface area (Å²) in [5.41, 5.74) is 2.52. The van der Waals surface area contributed by atoms with Crippen LogP contribution in [-0.4, -0.2) is 22.7 Å². The number of nitrogens with zero attached hydrogens (tertiary/aromatic N) is 1. The van der Waals surface area contributed by atoms with Crippen molar-refractivity contribution in [2.75, 3.05) is 11.9 Å². The van der Waals surface area contributed by atoms with Crippen LogP contribution in [-0.2, 0) is 0 Å². The normalized spacial score (nSPS) is 11.7. The van der Waals surface area contributed by atoms with Crippen LogP contribution >= 0.6 is 11.8 Å². The molecular formula is C20H22N2OS. The van der Waals surface area contributed by atoms with Gasteiger partial charge in [-0.25, -0.2) is 0 Å². The predicted octanol–water partition coefficient (Wildman–Crippen LogP) is 5.34. The van der Waals surface area contributed by atoms with E-state index in [-0.39, 0.29) is 10.7 Å². The van der Waals surface area contributed by atoms with Gasteiger partial charge in [0.15, 0.2) is 0 Å². The monoisotopic (exact) mass is 338 g/mol. The molecule has 0 saturated heterocycles. The Balaban J connectivity index is 1.93. The molecule has 0 bridgehead atoms. The highest BCUT2D eigenvalue weighted by molar-refractivity contribution is 8.00. The van der Waals surface area contributed by atoms with Crippen molar-refractivity contribution in [1.29, 1.82) is 0 Å². The number of hydrogen-bond acceptors (Lipinski definition) is 2. The summed E-state index contributed by atoms with van der Waals surface area (Å²) in [5, 5.41) is 1.05. The van der Waals surface area contributed by atoms with Crippen LogP contribution in [0.15, 0.2) is 59.5 Å². The summed E-state index contributed by atoms with van der Waals surface area (Å²) >= 11 is 1.77. The minimum atomic E-state index is -0.0341. The summed E-state index contributed by atoms with van der Waals surface area (Å²) < 4.78 is 0.0844. The van der Waals surface area contributed by atoms with Gasteiger partial charge in [0.1, 0.15) is 5.69 Å². The Morgan fingerprint density at radius 2 is 1.71 bits per heavy atom.